The Kier molecular flexibility index (Phi) is 6.35. The fourth-order valence-corrected chi connectivity index (χ4v) is 2.63. The van der Waals surface area contributed by atoms with Gasteiger partial charge >= 0.3 is 0 Å². The number of ether oxygens (including phenoxy) is 1. The second kappa shape index (κ2) is 8.03. The second-order valence-corrected chi connectivity index (χ2v) is 6.25. The molecular formula is C16H24BrNO. The smallest absolute Gasteiger partial charge is 0.0472 e. The van der Waals surface area contributed by atoms with E-state index in [1.165, 1.54) is 18.4 Å². The van der Waals surface area contributed by atoms with Crippen LogP contribution in [0.25, 0.3) is 0 Å². The van der Waals surface area contributed by atoms with Crippen molar-refractivity contribution in [1.82, 2.24) is 5.32 Å². The zero-order chi connectivity index (χ0) is 13.5. The molecule has 0 saturated heterocycles. The molecule has 0 aromatic heterocycles. The molecule has 1 saturated carbocycles. The number of benzene rings is 1. The minimum Gasteiger partial charge on any atom is -0.381 e. The molecule has 1 fully saturated rings. The Hall–Kier alpha value is -0.380. The molecule has 0 bridgehead atoms. The van der Waals surface area contributed by atoms with E-state index in [0.29, 0.717) is 5.92 Å². The fraction of sp³-hybridized carbons (Fsp3) is 0.625. The molecule has 0 heterocycles. The van der Waals surface area contributed by atoms with Crippen LogP contribution >= 0.6 is 15.9 Å². The summed E-state index contributed by atoms with van der Waals surface area (Å²) in [6, 6.07) is 9.44. The Morgan fingerprint density at radius 2 is 2.21 bits per heavy atom. The van der Waals surface area contributed by atoms with Crippen LogP contribution in [0.1, 0.15) is 44.1 Å². The Labute approximate surface area is 125 Å². The van der Waals surface area contributed by atoms with Gasteiger partial charge in [0.25, 0.3) is 0 Å². The molecule has 106 valence electrons. The normalized spacial score (nSPS) is 16.5. The van der Waals surface area contributed by atoms with Gasteiger partial charge in [-0.3, -0.25) is 0 Å². The Morgan fingerprint density at radius 3 is 2.89 bits per heavy atom. The van der Waals surface area contributed by atoms with Gasteiger partial charge < -0.3 is 10.1 Å². The molecule has 0 aliphatic heterocycles. The van der Waals surface area contributed by atoms with E-state index < -0.39 is 0 Å². The van der Waals surface area contributed by atoms with Gasteiger partial charge in [0.2, 0.25) is 0 Å². The monoisotopic (exact) mass is 325 g/mol. The molecule has 1 atom stereocenters. The lowest BCUT2D eigenvalue weighted by Gasteiger charge is -2.18. The van der Waals surface area contributed by atoms with Crippen molar-refractivity contribution in [2.24, 2.45) is 0 Å². The van der Waals surface area contributed by atoms with E-state index >= 15 is 0 Å². The first-order valence-electron chi connectivity index (χ1n) is 7.36. The molecule has 1 aromatic carbocycles. The van der Waals surface area contributed by atoms with Crippen molar-refractivity contribution in [1.29, 1.82) is 0 Å². The molecule has 1 aromatic rings. The van der Waals surface area contributed by atoms with Crippen molar-refractivity contribution in [2.45, 2.75) is 44.6 Å². The molecular weight excluding hydrogens is 302 g/mol. The SMILES string of the molecule is CCCOCCC(CNC1CC1)c1cccc(Br)c1. The van der Waals surface area contributed by atoms with E-state index in [4.69, 9.17) is 4.74 Å². The molecule has 3 heteroatoms. The summed E-state index contributed by atoms with van der Waals surface area (Å²) in [6.45, 7) is 4.95. The highest BCUT2D eigenvalue weighted by molar-refractivity contribution is 9.10. The molecule has 1 unspecified atom stereocenters. The summed E-state index contributed by atoms with van der Waals surface area (Å²) < 4.78 is 6.81. The summed E-state index contributed by atoms with van der Waals surface area (Å²) >= 11 is 3.56. The molecule has 1 N–H and O–H groups in total. The zero-order valence-corrected chi connectivity index (χ0v) is 13.3. The molecule has 2 rings (SSSR count). The number of rotatable bonds is 9. The largest absolute Gasteiger partial charge is 0.381 e. The first-order chi connectivity index (χ1) is 9.29. The molecule has 19 heavy (non-hydrogen) atoms. The lowest BCUT2D eigenvalue weighted by molar-refractivity contribution is 0.127. The third-order valence-corrected chi connectivity index (χ3v) is 4.00. The van der Waals surface area contributed by atoms with Gasteiger partial charge in [-0.2, -0.15) is 0 Å². The maximum atomic E-state index is 5.65. The average Bonchev–Trinajstić information content (AvgIpc) is 3.22. The summed E-state index contributed by atoms with van der Waals surface area (Å²) in [5.74, 6) is 0.551. The molecule has 0 radical (unpaired) electrons. The molecule has 0 spiro atoms. The van der Waals surface area contributed by atoms with Crippen LogP contribution in [0.15, 0.2) is 28.7 Å². The van der Waals surface area contributed by atoms with Crippen LogP contribution in [0.3, 0.4) is 0 Å². The fourth-order valence-electron chi connectivity index (χ4n) is 2.22. The zero-order valence-electron chi connectivity index (χ0n) is 11.7. The van der Waals surface area contributed by atoms with Gasteiger partial charge in [-0.15, -0.1) is 0 Å². The van der Waals surface area contributed by atoms with Crippen LogP contribution in [-0.4, -0.2) is 25.8 Å². The predicted molar refractivity (Wildman–Crippen MR) is 83.6 cm³/mol. The van der Waals surface area contributed by atoms with Crippen molar-refractivity contribution in [3.05, 3.63) is 34.3 Å². The highest BCUT2D eigenvalue weighted by Crippen LogP contribution is 2.25. The summed E-state index contributed by atoms with van der Waals surface area (Å²) in [7, 11) is 0. The van der Waals surface area contributed by atoms with Gasteiger partial charge in [-0.05, 0) is 49.3 Å². The summed E-state index contributed by atoms with van der Waals surface area (Å²) in [4.78, 5) is 0. The van der Waals surface area contributed by atoms with Crippen LogP contribution in [-0.2, 0) is 4.74 Å². The lowest BCUT2D eigenvalue weighted by atomic mass is 9.96. The van der Waals surface area contributed by atoms with Gasteiger partial charge in [0.15, 0.2) is 0 Å². The molecule has 1 aliphatic rings. The van der Waals surface area contributed by atoms with Crippen molar-refractivity contribution < 1.29 is 4.74 Å². The van der Waals surface area contributed by atoms with E-state index in [-0.39, 0.29) is 0 Å². The van der Waals surface area contributed by atoms with Gasteiger partial charge in [0, 0.05) is 30.3 Å². The third kappa shape index (κ3) is 5.64. The van der Waals surface area contributed by atoms with Crippen LogP contribution in [0.2, 0.25) is 0 Å². The topological polar surface area (TPSA) is 21.3 Å². The molecule has 1 aliphatic carbocycles. The Balaban J connectivity index is 1.87. The van der Waals surface area contributed by atoms with Gasteiger partial charge in [-0.1, -0.05) is 35.0 Å². The maximum Gasteiger partial charge on any atom is 0.0472 e. The van der Waals surface area contributed by atoms with Crippen molar-refractivity contribution in [2.75, 3.05) is 19.8 Å². The van der Waals surface area contributed by atoms with Crippen LogP contribution in [0.5, 0.6) is 0 Å². The summed E-state index contributed by atoms with van der Waals surface area (Å²) in [6.07, 6.45) is 4.88. The first-order valence-corrected chi connectivity index (χ1v) is 8.15. The Morgan fingerprint density at radius 1 is 1.37 bits per heavy atom. The summed E-state index contributed by atoms with van der Waals surface area (Å²) in [5, 5.41) is 3.64. The maximum absolute atomic E-state index is 5.65. The van der Waals surface area contributed by atoms with E-state index in [1.807, 2.05) is 0 Å². The van der Waals surface area contributed by atoms with Crippen LogP contribution < -0.4 is 5.32 Å². The molecule has 0 amide bonds. The highest BCUT2D eigenvalue weighted by Gasteiger charge is 2.22. The van der Waals surface area contributed by atoms with Gasteiger partial charge in [-0.25, -0.2) is 0 Å². The second-order valence-electron chi connectivity index (χ2n) is 5.34. The number of nitrogens with one attached hydrogen (secondary N) is 1. The van der Waals surface area contributed by atoms with Crippen LogP contribution in [0, 0.1) is 0 Å². The van der Waals surface area contributed by atoms with Gasteiger partial charge in [0.1, 0.15) is 0 Å². The quantitative estimate of drug-likeness (QED) is 0.690. The minimum absolute atomic E-state index is 0.551. The van der Waals surface area contributed by atoms with E-state index in [0.717, 1.165) is 43.1 Å². The van der Waals surface area contributed by atoms with Crippen molar-refractivity contribution in [3.8, 4) is 0 Å². The lowest BCUT2D eigenvalue weighted by Crippen LogP contribution is -2.24. The van der Waals surface area contributed by atoms with E-state index in [1.54, 1.807) is 0 Å². The van der Waals surface area contributed by atoms with Gasteiger partial charge in [0.05, 0.1) is 0 Å². The van der Waals surface area contributed by atoms with Crippen molar-refractivity contribution in [3.63, 3.8) is 0 Å². The van der Waals surface area contributed by atoms with E-state index in [9.17, 15) is 0 Å². The third-order valence-electron chi connectivity index (χ3n) is 3.51. The minimum atomic E-state index is 0.551. The Bertz CT molecular complexity index is 379. The molecule has 2 nitrogen and oxygen atoms in total. The standard InChI is InChI=1S/C16H24BrNO/c1-2-9-19-10-8-14(12-18-16-6-7-16)13-4-3-5-15(17)11-13/h3-5,11,14,16,18H,2,6-10,12H2,1H3. The number of hydrogen-bond donors (Lipinski definition) is 1. The average molecular weight is 326 g/mol. The van der Waals surface area contributed by atoms with Crippen molar-refractivity contribution >= 4 is 15.9 Å². The van der Waals surface area contributed by atoms with Crippen LogP contribution in [0.4, 0.5) is 0 Å². The van der Waals surface area contributed by atoms with E-state index in [2.05, 4.69) is 52.4 Å². The highest BCUT2D eigenvalue weighted by atomic mass is 79.9. The first kappa shape index (κ1) is 15.0. The number of hydrogen-bond acceptors (Lipinski definition) is 2. The summed E-state index contributed by atoms with van der Waals surface area (Å²) in [5.41, 5.74) is 1.41. The predicted octanol–water partition coefficient (Wildman–Crippen LogP) is 4.10. The number of halogens is 1.